The molecule has 1 N–H and O–H groups in total. The highest BCUT2D eigenvalue weighted by molar-refractivity contribution is 7.99. The van der Waals surface area contributed by atoms with Gasteiger partial charge in [-0.2, -0.15) is 0 Å². The summed E-state index contributed by atoms with van der Waals surface area (Å²) in [4.78, 5) is 23.5. The van der Waals surface area contributed by atoms with Crippen molar-refractivity contribution in [2.24, 2.45) is 0 Å². The maximum absolute atomic E-state index is 12.1. The summed E-state index contributed by atoms with van der Waals surface area (Å²) in [7, 11) is 0. The second kappa shape index (κ2) is 7.80. The maximum Gasteiger partial charge on any atom is 0.234 e. The van der Waals surface area contributed by atoms with E-state index in [9.17, 15) is 9.59 Å². The van der Waals surface area contributed by atoms with E-state index in [0.29, 0.717) is 23.0 Å². The predicted octanol–water partition coefficient (Wildman–Crippen LogP) is 2.85. The molecule has 0 atom stereocenters. The number of carbonyl (C=O) groups is 2. The molecule has 0 radical (unpaired) electrons. The van der Waals surface area contributed by atoms with Crippen LogP contribution in [0, 0.1) is 0 Å². The molecule has 25 heavy (non-hydrogen) atoms. The van der Waals surface area contributed by atoms with Crippen molar-refractivity contribution in [3.8, 4) is 0 Å². The Kier molecular flexibility index (Phi) is 5.30. The average molecular weight is 356 g/mol. The summed E-state index contributed by atoms with van der Waals surface area (Å²) in [5.41, 5.74) is 1.15. The third kappa shape index (κ3) is 4.57. The van der Waals surface area contributed by atoms with E-state index in [1.165, 1.54) is 18.7 Å². The monoisotopic (exact) mass is 356 g/mol. The molecule has 8 heteroatoms. The van der Waals surface area contributed by atoms with Gasteiger partial charge in [0.15, 0.2) is 10.9 Å². The number of carbonyl (C=O) groups excluding carboxylic acids is 2. The van der Waals surface area contributed by atoms with Gasteiger partial charge in [-0.3, -0.25) is 9.59 Å². The van der Waals surface area contributed by atoms with E-state index in [1.54, 1.807) is 36.9 Å². The van der Waals surface area contributed by atoms with Crippen LogP contribution < -0.4 is 5.32 Å². The van der Waals surface area contributed by atoms with Crippen LogP contribution in [0.25, 0.3) is 0 Å². The van der Waals surface area contributed by atoms with E-state index in [4.69, 9.17) is 4.42 Å². The minimum atomic E-state index is -0.182. The number of thioether (sulfide) groups is 1. The summed E-state index contributed by atoms with van der Waals surface area (Å²) in [5, 5.41) is 11.3. The fraction of sp³-hybridized carbons (Fsp3) is 0.176. The number of rotatable bonds is 7. The predicted molar refractivity (Wildman–Crippen MR) is 93.6 cm³/mol. The summed E-state index contributed by atoms with van der Waals surface area (Å²) in [6.45, 7) is 1.99. The minimum Gasteiger partial charge on any atom is -0.467 e. The number of nitrogens with zero attached hydrogens (tertiary/aromatic N) is 3. The van der Waals surface area contributed by atoms with Crippen molar-refractivity contribution in [2.75, 3.05) is 11.1 Å². The normalized spacial score (nSPS) is 10.6. The molecule has 0 saturated carbocycles. The van der Waals surface area contributed by atoms with Gasteiger partial charge < -0.3 is 14.3 Å². The van der Waals surface area contributed by atoms with Crippen molar-refractivity contribution in [3.63, 3.8) is 0 Å². The van der Waals surface area contributed by atoms with Gasteiger partial charge >= 0.3 is 0 Å². The molecule has 128 valence electrons. The second-order valence-electron chi connectivity index (χ2n) is 5.29. The first-order chi connectivity index (χ1) is 12.1. The molecule has 0 aliphatic heterocycles. The van der Waals surface area contributed by atoms with Gasteiger partial charge in [-0.1, -0.05) is 23.9 Å². The third-order valence-electron chi connectivity index (χ3n) is 3.37. The molecular weight excluding hydrogens is 340 g/mol. The van der Waals surface area contributed by atoms with Gasteiger partial charge in [-0.25, -0.2) is 0 Å². The molecule has 0 bridgehead atoms. The molecule has 1 amide bonds. The highest BCUT2D eigenvalue weighted by Crippen LogP contribution is 2.17. The zero-order valence-corrected chi connectivity index (χ0v) is 14.3. The van der Waals surface area contributed by atoms with E-state index in [2.05, 4.69) is 15.5 Å². The van der Waals surface area contributed by atoms with Crippen molar-refractivity contribution in [1.82, 2.24) is 14.8 Å². The highest BCUT2D eigenvalue weighted by Gasteiger charge is 2.11. The van der Waals surface area contributed by atoms with Crippen molar-refractivity contribution >= 4 is 29.1 Å². The molecule has 2 heterocycles. The van der Waals surface area contributed by atoms with Crippen molar-refractivity contribution in [3.05, 3.63) is 60.3 Å². The van der Waals surface area contributed by atoms with Gasteiger partial charge in [0.1, 0.15) is 12.1 Å². The molecule has 1 aromatic carbocycles. The number of aromatic nitrogens is 3. The average Bonchev–Trinajstić information content (AvgIpc) is 3.25. The van der Waals surface area contributed by atoms with Crippen LogP contribution >= 0.6 is 11.8 Å². The largest absolute Gasteiger partial charge is 0.467 e. The zero-order chi connectivity index (χ0) is 17.6. The molecule has 0 saturated heterocycles. The number of Topliss-reactive ketones (excluding diaryl/α,β-unsaturated/α-hetero) is 1. The lowest BCUT2D eigenvalue weighted by Gasteiger charge is -2.07. The van der Waals surface area contributed by atoms with Crippen LogP contribution in [0.3, 0.4) is 0 Å². The highest BCUT2D eigenvalue weighted by atomic mass is 32.2. The van der Waals surface area contributed by atoms with E-state index in [0.717, 1.165) is 5.76 Å². The van der Waals surface area contributed by atoms with Crippen LogP contribution in [0.5, 0.6) is 0 Å². The first-order valence-electron chi connectivity index (χ1n) is 7.55. The van der Waals surface area contributed by atoms with Gasteiger partial charge in [-0.15, -0.1) is 10.2 Å². The van der Waals surface area contributed by atoms with Crippen LogP contribution in [-0.4, -0.2) is 32.2 Å². The Morgan fingerprint density at radius 1 is 1.28 bits per heavy atom. The van der Waals surface area contributed by atoms with Crippen molar-refractivity contribution in [1.29, 1.82) is 0 Å². The maximum atomic E-state index is 12.1. The number of anilines is 1. The van der Waals surface area contributed by atoms with Crippen LogP contribution in [0.4, 0.5) is 5.69 Å². The van der Waals surface area contributed by atoms with Crippen molar-refractivity contribution in [2.45, 2.75) is 18.6 Å². The number of furan rings is 1. The summed E-state index contributed by atoms with van der Waals surface area (Å²) < 4.78 is 7.12. The number of amides is 1. The van der Waals surface area contributed by atoms with Gasteiger partial charge in [0.25, 0.3) is 0 Å². The fourth-order valence-electron chi connectivity index (χ4n) is 2.18. The molecule has 7 nitrogen and oxygen atoms in total. The lowest BCUT2D eigenvalue weighted by Crippen LogP contribution is -2.15. The Bertz CT molecular complexity index is 874. The van der Waals surface area contributed by atoms with Crippen LogP contribution in [-0.2, 0) is 11.3 Å². The first-order valence-corrected chi connectivity index (χ1v) is 8.54. The molecule has 2 aromatic heterocycles. The lowest BCUT2D eigenvalue weighted by atomic mass is 10.1. The Hall–Kier alpha value is -2.87. The Balaban J connectivity index is 1.57. The second-order valence-corrected chi connectivity index (χ2v) is 6.24. The fourth-order valence-corrected chi connectivity index (χ4v) is 2.89. The molecule has 3 aromatic rings. The molecule has 3 rings (SSSR count). The number of ketones is 1. The van der Waals surface area contributed by atoms with Gasteiger partial charge in [0.05, 0.1) is 18.6 Å². The standard InChI is InChI=1S/C17H16N4O3S/c1-12(22)13-4-2-5-14(8-13)19-16(23)10-25-17-20-18-11-21(17)9-15-6-3-7-24-15/h2-8,11H,9-10H2,1H3,(H,19,23). The lowest BCUT2D eigenvalue weighted by molar-refractivity contribution is -0.113. The smallest absolute Gasteiger partial charge is 0.234 e. The SMILES string of the molecule is CC(=O)c1cccc(NC(=O)CSc2nncn2Cc2ccco2)c1. The van der Waals surface area contributed by atoms with Gasteiger partial charge in [-0.05, 0) is 31.2 Å². The summed E-state index contributed by atoms with van der Waals surface area (Å²) >= 11 is 1.28. The summed E-state index contributed by atoms with van der Waals surface area (Å²) in [6.07, 6.45) is 3.20. The molecule has 0 fully saturated rings. The van der Waals surface area contributed by atoms with E-state index in [1.807, 2.05) is 16.7 Å². The molecule has 0 aliphatic carbocycles. The van der Waals surface area contributed by atoms with Crippen LogP contribution in [0.1, 0.15) is 23.0 Å². The van der Waals surface area contributed by atoms with Crippen molar-refractivity contribution < 1.29 is 14.0 Å². The first kappa shape index (κ1) is 17.0. The topological polar surface area (TPSA) is 90.0 Å². The number of benzene rings is 1. The minimum absolute atomic E-state index is 0.0449. The Morgan fingerprint density at radius 3 is 2.92 bits per heavy atom. The third-order valence-corrected chi connectivity index (χ3v) is 4.35. The molecule has 0 spiro atoms. The van der Waals surface area contributed by atoms with E-state index >= 15 is 0 Å². The van der Waals surface area contributed by atoms with E-state index < -0.39 is 0 Å². The molecule has 0 aliphatic rings. The number of hydrogen-bond donors (Lipinski definition) is 1. The van der Waals surface area contributed by atoms with Gasteiger partial charge in [0, 0.05) is 11.3 Å². The Labute approximate surface area is 148 Å². The van der Waals surface area contributed by atoms with E-state index in [-0.39, 0.29) is 17.4 Å². The Morgan fingerprint density at radius 2 is 2.16 bits per heavy atom. The molecular formula is C17H16N4O3S. The zero-order valence-electron chi connectivity index (χ0n) is 13.5. The van der Waals surface area contributed by atoms with Crippen LogP contribution in [0.15, 0.2) is 58.6 Å². The quantitative estimate of drug-likeness (QED) is 0.517. The number of hydrogen-bond acceptors (Lipinski definition) is 6. The van der Waals surface area contributed by atoms with Crippen LogP contribution in [0.2, 0.25) is 0 Å². The summed E-state index contributed by atoms with van der Waals surface area (Å²) in [5.74, 6) is 0.739. The number of nitrogens with one attached hydrogen (secondary N) is 1. The molecule has 0 unspecified atom stereocenters. The summed E-state index contributed by atoms with van der Waals surface area (Å²) in [6, 6.07) is 10.5. The van der Waals surface area contributed by atoms with Gasteiger partial charge in [0.2, 0.25) is 5.91 Å².